The number of hydrogen-bond donors (Lipinski definition) is 0. The summed E-state index contributed by atoms with van der Waals surface area (Å²) in [7, 11) is 0. The summed E-state index contributed by atoms with van der Waals surface area (Å²) < 4.78 is 2.83. The fourth-order valence-corrected chi connectivity index (χ4v) is 2.05. The fourth-order valence-electron chi connectivity index (χ4n) is 1.73. The molecule has 0 spiro atoms. The molecule has 3 aromatic rings. The third-order valence-electron chi connectivity index (χ3n) is 2.63. The van der Waals surface area contributed by atoms with Gasteiger partial charge in [-0.05, 0) is 28.9 Å². The molecule has 0 saturated heterocycles. The second kappa shape index (κ2) is 4.45. The van der Waals surface area contributed by atoms with Gasteiger partial charge in [0.25, 0.3) is 0 Å². The van der Waals surface area contributed by atoms with Crippen LogP contribution in [0.2, 0.25) is 0 Å². The lowest BCUT2D eigenvalue weighted by Crippen LogP contribution is -2.03. The molecule has 0 bridgehead atoms. The van der Waals surface area contributed by atoms with E-state index in [4.69, 9.17) is 0 Å². The van der Waals surface area contributed by atoms with Crippen LogP contribution < -0.4 is 0 Å². The van der Waals surface area contributed by atoms with Gasteiger partial charge < -0.3 is 0 Å². The van der Waals surface area contributed by atoms with E-state index in [2.05, 4.69) is 36.0 Å². The van der Waals surface area contributed by atoms with E-state index in [1.54, 1.807) is 12.4 Å². The van der Waals surface area contributed by atoms with Crippen molar-refractivity contribution in [3.8, 4) is 0 Å². The van der Waals surface area contributed by atoms with Crippen LogP contribution in [0.15, 0.2) is 35.3 Å². The van der Waals surface area contributed by atoms with Crippen molar-refractivity contribution in [1.29, 1.82) is 0 Å². The summed E-state index contributed by atoms with van der Waals surface area (Å²) in [5.74, 6) is 0.772. The molecule has 5 nitrogen and oxygen atoms in total. The van der Waals surface area contributed by atoms with Gasteiger partial charge in [-0.2, -0.15) is 5.10 Å². The zero-order valence-electron chi connectivity index (χ0n) is 9.71. The molecule has 0 fully saturated rings. The van der Waals surface area contributed by atoms with Crippen molar-refractivity contribution in [2.45, 2.75) is 13.5 Å². The normalized spacial score (nSPS) is 11.0. The van der Waals surface area contributed by atoms with Gasteiger partial charge in [-0.3, -0.25) is 9.67 Å². The molecule has 0 aliphatic carbocycles. The Morgan fingerprint density at radius 3 is 2.67 bits per heavy atom. The summed E-state index contributed by atoms with van der Waals surface area (Å²) >= 11 is 3.42. The lowest BCUT2D eigenvalue weighted by atomic mass is 10.3. The highest BCUT2D eigenvalue weighted by atomic mass is 79.9. The van der Waals surface area contributed by atoms with Gasteiger partial charge >= 0.3 is 0 Å². The molecule has 6 heteroatoms. The van der Waals surface area contributed by atoms with Gasteiger partial charge in [0.15, 0.2) is 0 Å². The largest absolute Gasteiger partial charge is 0.259 e. The van der Waals surface area contributed by atoms with Crippen LogP contribution in [0.5, 0.6) is 0 Å². The van der Waals surface area contributed by atoms with Gasteiger partial charge in [0.05, 0.1) is 18.3 Å². The van der Waals surface area contributed by atoms with E-state index in [9.17, 15) is 0 Å². The lowest BCUT2D eigenvalue weighted by molar-refractivity contribution is 0.705. The third kappa shape index (κ3) is 2.11. The molecule has 90 valence electrons. The molecule has 3 heterocycles. The number of aryl methyl sites for hydroxylation is 1. The lowest BCUT2D eigenvalue weighted by Gasteiger charge is -2.03. The van der Waals surface area contributed by atoms with Gasteiger partial charge in [0.2, 0.25) is 0 Å². The second-order valence-corrected chi connectivity index (χ2v) is 4.91. The van der Waals surface area contributed by atoms with Crippen LogP contribution >= 0.6 is 15.9 Å². The van der Waals surface area contributed by atoms with Gasteiger partial charge in [-0.1, -0.05) is 0 Å². The summed E-state index contributed by atoms with van der Waals surface area (Å²) in [5, 5.41) is 4.33. The van der Waals surface area contributed by atoms with E-state index in [1.165, 1.54) is 0 Å². The van der Waals surface area contributed by atoms with E-state index in [0.29, 0.717) is 6.54 Å². The quantitative estimate of drug-likeness (QED) is 0.729. The van der Waals surface area contributed by atoms with Crippen molar-refractivity contribution in [1.82, 2.24) is 24.7 Å². The summed E-state index contributed by atoms with van der Waals surface area (Å²) in [6.45, 7) is 2.51. The van der Waals surface area contributed by atoms with Crippen LogP contribution in [0.4, 0.5) is 0 Å². The second-order valence-electron chi connectivity index (χ2n) is 4.00. The third-order valence-corrected chi connectivity index (χ3v) is 3.06. The maximum atomic E-state index is 4.33. The first-order valence-corrected chi connectivity index (χ1v) is 6.26. The van der Waals surface area contributed by atoms with Crippen LogP contribution in [0, 0.1) is 6.92 Å². The van der Waals surface area contributed by atoms with Crippen molar-refractivity contribution >= 4 is 27.0 Å². The molecular formula is C12H10BrN5. The summed E-state index contributed by atoms with van der Waals surface area (Å²) in [6.07, 6.45) is 7.17. The molecule has 3 rings (SSSR count). The molecule has 0 saturated carbocycles. The van der Waals surface area contributed by atoms with Crippen molar-refractivity contribution in [2.24, 2.45) is 0 Å². The first kappa shape index (κ1) is 11.3. The van der Waals surface area contributed by atoms with E-state index < -0.39 is 0 Å². The zero-order chi connectivity index (χ0) is 12.5. The molecule has 3 aromatic heterocycles. The smallest absolute Gasteiger partial charge is 0.125 e. The first-order chi connectivity index (χ1) is 8.72. The molecule has 0 amide bonds. The van der Waals surface area contributed by atoms with E-state index in [-0.39, 0.29) is 0 Å². The molecular weight excluding hydrogens is 294 g/mol. The van der Waals surface area contributed by atoms with Gasteiger partial charge in [0, 0.05) is 28.6 Å². The monoisotopic (exact) mass is 303 g/mol. The molecule has 18 heavy (non-hydrogen) atoms. The Balaban J connectivity index is 1.99. The maximum absolute atomic E-state index is 4.33. The Morgan fingerprint density at radius 2 is 1.89 bits per heavy atom. The van der Waals surface area contributed by atoms with Crippen LogP contribution in [0.3, 0.4) is 0 Å². The van der Waals surface area contributed by atoms with Gasteiger partial charge in [0.1, 0.15) is 11.3 Å². The van der Waals surface area contributed by atoms with E-state index in [0.717, 1.165) is 26.9 Å². The summed E-state index contributed by atoms with van der Waals surface area (Å²) in [5.41, 5.74) is 2.89. The van der Waals surface area contributed by atoms with Crippen molar-refractivity contribution < 1.29 is 0 Å². The number of halogens is 1. The Morgan fingerprint density at radius 1 is 1.11 bits per heavy atom. The molecule has 0 unspecified atom stereocenters. The molecule has 0 aliphatic rings. The predicted octanol–water partition coefficient (Wildman–Crippen LogP) is 2.34. The van der Waals surface area contributed by atoms with Crippen LogP contribution in [-0.2, 0) is 6.54 Å². The average molecular weight is 304 g/mol. The van der Waals surface area contributed by atoms with Crippen molar-refractivity contribution in [3.05, 3.63) is 46.7 Å². The van der Waals surface area contributed by atoms with Crippen LogP contribution in [0.25, 0.3) is 11.0 Å². The Labute approximate surface area is 112 Å². The Bertz CT molecular complexity index is 689. The minimum Gasteiger partial charge on any atom is -0.259 e. The minimum atomic E-state index is 0.641. The van der Waals surface area contributed by atoms with Crippen molar-refractivity contribution in [2.75, 3.05) is 0 Å². The Hall–Kier alpha value is -1.82. The number of pyridine rings is 1. The standard InChI is InChI=1S/C12H10BrN5/c1-8-14-3-9(4-15-8)7-18-12-2-10(13)5-16-11(12)6-17-18/h2-6H,7H2,1H3. The highest BCUT2D eigenvalue weighted by Crippen LogP contribution is 2.17. The van der Waals surface area contributed by atoms with E-state index in [1.807, 2.05) is 30.1 Å². The van der Waals surface area contributed by atoms with E-state index >= 15 is 0 Å². The molecule has 0 atom stereocenters. The van der Waals surface area contributed by atoms with Gasteiger partial charge in [-0.25, -0.2) is 9.97 Å². The molecule has 0 aromatic carbocycles. The zero-order valence-corrected chi connectivity index (χ0v) is 11.3. The molecule has 0 radical (unpaired) electrons. The highest BCUT2D eigenvalue weighted by Gasteiger charge is 2.05. The summed E-state index contributed by atoms with van der Waals surface area (Å²) in [6, 6.07) is 2.00. The number of rotatable bonds is 2. The molecule has 0 aliphatic heterocycles. The minimum absolute atomic E-state index is 0.641. The maximum Gasteiger partial charge on any atom is 0.125 e. The number of hydrogen-bond acceptors (Lipinski definition) is 4. The van der Waals surface area contributed by atoms with Crippen LogP contribution in [-0.4, -0.2) is 24.7 Å². The van der Waals surface area contributed by atoms with Crippen molar-refractivity contribution in [3.63, 3.8) is 0 Å². The highest BCUT2D eigenvalue weighted by molar-refractivity contribution is 9.10. The number of aromatic nitrogens is 5. The van der Waals surface area contributed by atoms with Crippen LogP contribution in [0.1, 0.15) is 11.4 Å². The first-order valence-electron chi connectivity index (χ1n) is 5.47. The molecule has 0 N–H and O–H groups in total. The van der Waals surface area contributed by atoms with Gasteiger partial charge in [-0.15, -0.1) is 0 Å². The average Bonchev–Trinajstić information content (AvgIpc) is 2.75. The summed E-state index contributed by atoms with van der Waals surface area (Å²) in [4.78, 5) is 12.7. The topological polar surface area (TPSA) is 56.5 Å². The number of nitrogens with zero attached hydrogens (tertiary/aromatic N) is 5. The SMILES string of the molecule is Cc1ncc(Cn2ncc3ncc(Br)cc32)cn1. The predicted molar refractivity (Wildman–Crippen MR) is 71.1 cm³/mol. The Kier molecular flexibility index (Phi) is 2.79. The number of fused-ring (bicyclic) bond motifs is 1. The fraction of sp³-hybridized carbons (Fsp3) is 0.167.